The number of hydrogen-bond acceptors (Lipinski definition) is 3. The Kier molecular flexibility index (Phi) is 7.21. The van der Waals surface area contributed by atoms with E-state index in [0.29, 0.717) is 0 Å². The zero-order valence-electron chi connectivity index (χ0n) is 18.7. The number of carbonyl (C=O) groups excluding carboxylic acids is 1. The fourth-order valence-electron chi connectivity index (χ4n) is 4.56. The van der Waals surface area contributed by atoms with Crippen LogP contribution in [0, 0.1) is 5.82 Å². The van der Waals surface area contributed by atoms with E-state index in [1.54, 1.807) is 0 Å². The molecule has 0 aliphatic heterocycles. The van der Waals surface area contributed by atoms with Crippen LogP contribution in [0.15, 0.2) is 53.4 Å². The molecule has 1 aliphatic carbocycles. The third-order valence-corrected chi connectivity index (χ3v) is 8.99. The molecular formula is C23H21F8NO3S. The Morgan fingerprint density at radius 3 is 1.75 bits per heavy atom. The second-order valence-corrected chi connectivity index (χ2v) is 10.9. The van der Waals surface area contributed by atoms with Crippen LogP contribution in [0.5, 0.6) is 0 Å². The molecule has 0 unspecified atom stereocenters. The fraction of sp³-hybridized carbons (Fsp3) is 0.435. The van der Waals surface area contributed by atoms with Crippen molar-refractivity contribution in [3.05, 3.63) is 65.5 Å². The molecule has 0 radical (unpaired) electrons. The van der Waals surface area contributed by atoms with Gasteiger partial charge < -0.3 is 5.32 Å². The minimum Gasteiger partial charge on any atom is -0.354 e. The van der Waals surface area contributed by atoms with Crippen LogP contribution in [0.3, 0.4) is 0 Å². The Bertz CT molecular complexity index is 1180. The van der Waals surface area contributed by atoms with E-state index in [1.165, 1.54) is 6.92 Å². The summed E-state index contributed by atoms with van der Waals surface area (Å²) in [5, 5.41) is 2.65. The SMILES string of the molecule is CC(=O)NC1CCC(c2ccc(C(F)(C(F)(F)F)C(F)(F)F)cc2)(S(=O)(=O)c2ccc(F)cc2)CC1. The first-order valence-corrected chi connectivity index (χ1v) is 12.1. The smallest absolute Gasteiger partial charge is 0.354 e. The van der Waals surface area contributed by atoms with Crippen LogP contribution in [0.4, 0.5) is 35.1 Å². The molecule has 1 N–H and O–H groups in total. The van der Waals surface area contributed by atoms with E-state index in [-0.39, 0.29) is 54.2 Å². The molecule has 4 nitrogen and oxygen atoms in total. The normalized spacial score (nSPS) is 21.8. The summed E-state index contributed by atoms with van der Waals surface area (Å²) in [6.45, 7) is 1.26. The first-order chi connectivity index (χ1) is 16.5. The van der Waals surface area contributed by atoms with Crippen molar-refractivity contribution < 1.29 is 48.3 Å². The van der Waals surface area contributed by atoms with Gasteiger partial charge in [-0.3, -0.25) is 4.79 Å². The van der Waals surface area contributed by atoms with E-state index in [4.69, 9.17) is 0 Å². The molecule has 1 aliphatic rings. The standard InChI is InChI=1S/C23H21F8NO3S/c1-14(33)32-18-10-12-20(13-11-18,36(34,35)19-8-6-17(24)7-9-19)15-2-4-16(5-3-15)21(25,22(26,27)28)23(29,30)31/h2-9,18H,10-13H2,1H3,(H,32,33). The van der Waals surface area contributed by atoms with Crippen LogP contribution in [-0.2, 0) is 25.0 Å². The number of amides is 1. The third kappa shape index (κ3) is 4.69. The quantitative estimate of drug-likeness (QED) is 0.380. The Balaban J connectivity index is 2.13. The van der Waals surface area contributed by atoms with Gasteiger partial charge in [-0.05, 0) is 55.5 Å². The van der Waals surface area contributed by atoms with Gasteiger partial charge in [0.1, 0.15) is 10.6 Å². The van der Waals surface area contributed by atoms with Crippen molar-refractivity contribution in [3.8, 4) is 0 Å². The second-order valence-electron chi connectivity index (χ2n) is 8.66. The monoisotopic (exact) mass is 543 g/mol. The fourth-order valence-corrected chi connectivity index (χ4v) is 6.72. The van der Waals surface area contributed by atoms with E-state index in [0.717, 1.165) is 36.4 Å². The van der Waals surface area contributed by atoms with Crippen LogP contribution in [0.25, 0.3) is 0 Å². The average molecular weight is 543 g/mol. The lowest BCUT2D eigenvalue weighted by atomic mass is 9.80. The van der Waals surface area contributed by atoms with Crippen molar-refractivity contribution in [3.63, 3.8) is 0 Å². The maximum atomic E-state index is 14.5. The van der Waals surface area contributed by atoms with Gasteiger partial charge >= 0.3 is 18.0 Å². The first kappa shape index (κ1) is 27.9. The van der Waals surface area contributed by atoms with Gasteiger partial charge in [0, 0.05) is 18.5 Å². The van der Waals surface area contributed by atoms with Gasteiger partial charge in [-0.2, -0.15) is 26.3 Å². The van der Waals surface area contributed by atoms with Gasteiger partial charge in [-0.1, -0.05) is 24.3 Å². The van der Waals surface area contributed by atoms with Gasteiger partial charge in [-0.15, -0.1) is 0 Å². The van der Waals surface area contributed by atoms with E-state index < -0.39 is 50.0 Å². The van der Waals surface area contributed by atoms with Crippen molar-refractivity contribution in [2.75, 3.05) is 0 Å². The number of benzene rings is 2. The predicted octanol–water partition coefficient (Wildman–Crippen LogP) is 5.86. The van der Waals surface area contributed by atoms with Gasteiger partial charge in [0.2, 0.25) is 5.91 Å². The molecule has 3 rings (SSSR count). The summed E-state index contributed by atoms with van der Waals surface area (Å²) in [4.78, 5) is 11.1. The first-order valence-electron chi connectivity index (χ1n) is 10.7. The molecule has 2 aromatic carbocycles. The molecule has 2 aromatic rings. The van der Waals surface area contributed by atoms with E-state index in [1.807, 2.05) is 0 Å². The van der Waals surface area contributed by atoms with Crippen molar-refractivity contribution >= 4 is 15.7 Å². The van der Waals surface area contributed by atoms with Crippen LogP contribution < -0.4 is 5.32 Å². The molecule has 0 aromatic heterocycles. The summed E-state index contributed by atoms with van der Waals surface area (Å²) in [6, 6.07) is 5.42. The summed E-state index contributed by atoms with van der Waals surface area (Å²) in [5.41, 5.74) is -7.55. The molecule has 36 heavy (non-hydrogen) atoms. The van der Waals surface area contributed by atoms with E-state index in [9.17, 15) is 48.3 Å². The molecular weight excluding hydrogens is 522 g/mol. The summed E-state index contributed by atoms with van der Waals surface area (Å²) >= 11 is 0. The van der Waals surface area contributed by atoms with Gasteiger partial charge in [0.15, 0.2) is 9.84 Å². The van der Waals surface area contributed by atoms with Gasteiger partial charge in [0.25, 0.3) is 0 Å². The highest BCUT2D eigenvalue weighted by molar-refractivity contribution is 7.92. The molecule has 1 fully saturated rings. The highest BCUT2D eigenvalue weighted by atomic mass is 32.2. The highest BCUT2D eigenvalue weighted by Gasteiger charge is 2.73. The number of carbonyl (C=O) groups is 1. The summed E-state index contributed by atoms with van der Waals surface area (Å²) in [6.07, 6.45) is -12.7. The summed E-state index contributed by atoms with van der Waals surface area (Å²) in [5.74, 6) is -1.09. The van der Waals surface area contributed by atoms with Crippen LogP contribution in [-0.4, -0.2) is 32.7 Å². The number of rotatable bonds is 5. The van der Waals surface area contributed by atoms with Crippen molar-refractivity contribution in [1.82, 2.24) is 5.32 Å². The lowest BCUT2D eigenvalue weighted by molar-refractivity contribution is -0.348. The minimum atomic E-state index is -6.32. The Morgan fingerprint density at radius 2 is 1.33 bits per heavy atom. The molecule has 0 heterocycles. The topological polar surface area (TPSA) is 63.2 Å². The molecule has 0 bridgehead atoms. The number of halogens is 8. The zero-order valence-corrected chi connectivity index (χ0v) is 19.5. The Hall–Kier alpha value is -2.70. The minimum absolute atomic E-state index is 0.125. The molecule has 1 saturated carbocycles. The van der Waals surface area contributed by atoms with Crippen molar-refractivity contribution in [2.24, 2.45) is 0 Å². The largest absolute Gasteiger partial charge is 0.435 e. The average Bonchev–Trinajstić information content (AvgIpc) is 2.77. The second kappa shape index (κ2) is 9.31. The summed E-state index contributed by atoms with van der Waals surface area (Å²) < 4.78 is 132. The maximum absolute atomic E-state index is 14.5. The lowest BCUT2D eigenvalue weighted by Crippen LogP contribution is -2.50. The van der Waals surface area contributed by atoms with Crippen LogP contribution in [0.2, 0.25) is 0 Å². The maximum Gasteiger partial charge on any atom is 0.435 e. The molecule has 0 spiro atoms. The predicted molar refractivity (Wildman–Crippen MR) is 113 cm³/mol. The lowest BCUT2D eigenvalue weighted by Gasteiger charge is -2.40. The Labute approximate surface area is 201 Å². The van der Waals surface area contributed by atoms with E-state index in [2.05, 4.69) is 5.32 Å². The molecule has 1 amide bonds. The summed E-state index contributed by atoms with van der Waals surface area (Å²) in [7, 11) is -4.37. The highest BCUT2D eigenvalue weighted by Crippen LogP contribution is 2.54. The van der Waals surface area contributed by atoms with Gasteiger partial charge in [0.05, 0.1) is 4.90 Å². The zero-order chi connectivity index (χ0) is 27.2. The van der Waals surface area contributed by atoms with Gasteiger partial charge in [-0.25, -0.2) is 17.2 Å². The third-order valence-electron chi connectivity index (χ3n) is 6.43. The van der Waals surface area contributed by atoms with E-state index >= 15 is 0 Å². The molecule has 0 atom stereocenters. The molecule has 13 heteroatoms. The number of hydrogen-bond donors (Lipinski definition) is 1. The van der Waals surface area contributed by atoms with Crippen molar-refractivity contribution in [2.45, 2.75) is 66.3 Å². The Morgan fingerprint density at radius 1 is 0.861 bits per heavy atom. The van der Waals surface area contributed by atoms with Crippen LogP contribution >= 0.6 is 0 Å². The van der Waals surface area contributed by atoms with Crippen molar-refractivity contribution in [1.29, 1.82) is 0 Å². The molecule has 0 saturated heterocycles. The number of sulfone groups is 1. The van der Waals surface area contributed by atoms with Crippen LogP contribution in [0.1, 0.15) is 43.7 Å². The molecule has 198 valence electrons. The number of nitrogens with one attached hydrogen (secondary N) is 1. The number of alkyl halides is 7.